The van der Waals surface area contributed by atoms with Crippen molar-refractivity contribution in [2.24, 2.45) is 0 Å². The molecular formula is C18H22O2. The van der Waals surface area contributed by atoms with Crippen molar-refractivity contribution < 1.29 is 10.2 Å². The highest BCUT2D eigenvalue weighted by atomic mass is 16.3. The second-order valence-corrected chi connectivity index (χ2v) is 6.19. The number of aryl methyl sites for hydroxylation is 1. The largest absolute Gasteiger partial charge is 0.508 e. The minimum atomic E-state index is -0.141. The molecule has 0 aliphatic carbocycles. The lowest BCUT2D eigenvalue weighted by molar-refractivity contribution is 0.446. The van der Waals surface area contributed by atoms with Gasteiger partial charge < -0.3 is 10.2 Å². The molecule has 2 aromatic carbocycles. The molecule has 0 aliphatic heterocycles. The van der Waals surface area contributed by atoms with Crippen molar-refractivity contribution in [3.63, 3.8) is 0 Å². The van der Waals surface area contributed by atoms with Crippen LogP contribution in [0.4, 0.5) is 0 Å². The van der Waals surface area contributed by atoms with Gasteiger partial charge in [-0.25, -0.2) is 0 Å². The standard InChI is InChI=1S/C18H22O2/c1-5-12-6-8-16(19)14(10-12)13-7-9-17(20)15(11-13)18(2,3)4/h6-11,19-20H,5H2,1-4H3. The van der Waals surface area contributed by atoms with Gasteiger partial charge in [0.15, 0.2) is 0 Å². The minimum absolute atomic E-state index is 0.141. The normalized spacial score (nSPS) is 11.6. The van der Waals surface area contributed by atoms with Gasteiger partial charge >= 0.3 is 0 Å². The van der Waals surface area contributed by atoms with Crippen LogP contribution in [0.25, 0.3) is 11.1 Å². The maximum absolute atomic E-state index is 10.1. The predicted molar refractivity (Wildman–Crippen MR) is 83.3 cm³/mol. The Labute approximate surface area is 120 Å². The smallest absolute Gasteiger partial charge is 0.123 e. The van der Waals surface area contributed by atoms with E-state index in [1.807, 2.05) is 24.3 Å². The highest BCUT2D eigenvalue weighted by molar-refractivity contribution is 5.72. The van der Waals surface area contributed by atoms with Crippen LogP contribution in [0.2, 0.25) is 0 Å². The summed E-state index contributed by atoms with van der Waals surface area (Å²) in [5.41, 5.74) is 3.67. The molecule has 0 spiro atoms. The molecule has 0 atom stereocenters. The Kier molecular flexibility index (Phi) is 3.76. The number of aromatic hydroxyl groups is 2. The zero-order chi connectivity index (χ0) is 14.9. The molecule has 0 aromatic heterocycles. The molecule has 2 rings (SSSR count). The zero-order valence-corrected chi connectivity index (χ0v) is 12.6. The van der Waals surface area contributed by atoms with E-state index in [9.17, 15) is 10.2 Å². The van der Waals surface area contributed by atoms with Gasteiger partial charge in [0.2, 0.25) is 0 Å². The highest BCUT2D eigenvalue weighted by Gasteiger charge is 2.19. The molecule has 0 saturated carbocycles. The van der Waals surface area contributed by atoms with E-state index in [-0.39, 0.29) is 11.2 Å². The average molecular weight is 270 g/mol. The van der Waals surface area contributed by atoms with Gasteiger partial charge in [0.1, 0.15) is 11.5 Å². The molecule has 0 heterocycles. The molecule has 106 valence electrons. The molecule has 0 saturated heterocycles. The summed E-state index contributed by atoms with van der Waals surface area (Å²) in [5, 5.41) is 20.1. The fourth-order valence-electron chi connectivity index (χ4n) is 2.34. The highest BCUT2D eigenvalue weighted by Crippen LogP contribution is 2.37. The van der Waals surface area contributed by atoms with Crippen LogP contribution in [-0.2, 0) is 11.8 Å². The Morgan fingerprint density at radius 3 is 2.15 bits per heavy atom. The molecule has 2 N–H and O–H groups in total. The quantitative estimate of drug-likeness (QED) is 0.835. The van der Waals surface area contributed by atoms with Crippen molar-refractivity contribution in [1.29, 1.82) is 0 Å². The molecule has 0 radical (unpaired) electrons. The summed E-state index contributed by atoms with van der Waals surface area (Å²) in [6.45, 7) is 8.28. The van der Waals surface area contributed by atoms with E-state index in [1.54, 1.807) is 12.1 Å². The summed E-state index contributed by atoms with van der Waals surface area (Å²) in [6.07, 6.45) is 0.928. The minimum Gasteiger partial charge on any atom is -0.508 e. The van der Waals surface area contributed by atoms with Crippen LogP contribution in [0, 0.1) is 0 Å². The summed E-state index contributed by atoms with van der Waals surface area (Å²) in [5.74, 6) is 0.570. The third-order valence-electron chi connectivity index (χ3n) is 3.58. The average Bonchev–Trinajstić information content (AvgIpc) is 2.39. The number of hydrogen-bond donors (Lipinski definition) is 2. The second-order valence-electron chi connectivity index (χ2n) is 6.19. The fraction of sp³-hybridized carbons (Fsp3) is 0.333. The lowest BCUT2D eigenvalue weighted by atomic mass is 9.84. The Hall–Kier alpha value is -1.96. The third kappa shape index (κ3) is 2.79. The molecule has 0 bridgehead atoms. The van der Waals surface area contributed by atoms with Crippen molar-refractivity contribution >= 4 is 0 Å². The summed E-state index contributed by atoms with van der Waals surface area (Å²) < 4.78 is 0. The summed E-state index contributed by atoms with van der Waals surface area (Å²) in [7, 11) is 0. The number of phenolic OH excluding ortho intramolecular Hbond substituents is 2. The van der Waals surface area contributed by atoms with Crippen LogP contribution in [0.1, 0.15) is 38.8 Å². The van der Waals surface area contributed by atoms with E-state index in [0.717, 1.165) is 23.1 Å². The van der Waals surface area contributed by atoms with Gasteiger partial charge in [0, 0.05) is 5.56 Å². The molecule has 0 fully saturated rings. The SMILES string of the molecule is CCc1ccc(O)c(-c2ccc(O)c(C(C)(C)C)c2)c1. The third-order valence-corrected chi connectivity index (χ3v) is 3.58. The molecule has 2 aromatic rings. The maximum atomic E-state index is 10.1. The number of rotatable bonds is 2. The molecule has 0 aliphatic rings. The molecule has 0 unspecified atom stereocenters. The van der Waals surface area contributed by atoms with Crippen LogP contribution in [0.5, 0.6) is 11.5 Å². The van der Waals surface area contributed by atoms with E-state index in [0.29, 0.717) is 5.75 Å². The number of benzene rings is 2. The van der Waals surface area contributed by atoms with E-state index in [4.69, 9.17) is 0 Å². The molecular weight excluding hydrogens is 248 g/mol. The van der Waals surface area contributed by atoms with Gasteiger partial charge in [-0.2, -0.15) is 0 Å². The maximum Gasteiger partial charge on any atom is 0.123 e. The summed E-state index contributed by atoms with van der Waals surface area (Å²) in [6, 6.07) is 11.2. The van der Waals surface area contributed by atoms with Crippen molar-refractivity contribution in [2.45, 2.75) is 39.5 Å². The van der Waals surface area contributed by atoms with Gasteiger partial charge in [-0.3, -0.25) is 0 Å². The first-order chi connectivity index (χ1) is 9.32. The van der Waals surface area contributed by atoms with Crippen molar-refractivity contribution in [2.75, 3.05) is 0 Å². The Balaban J connectivity index is 2.59. The van der Waals surface area contributed by atoms with E-state index < -0.39 is 0 Å². The monoisotopic (exact) mass is 270 g/mol. The molecule has 2 heteroatoms. The first-order valence-electron chi connectivity index (χ1n) is 6.98. The topological polar surface area (TPSA) is 40.5 Å². The van der Waals surface area contributed by atoms with Crippen LogP contribution in [0.15, 0.2) is 36.4 Å². The molecule has 2 nitrogen and oxygen atoms in total. The lowest BCUT2D eigenvalue weighted by Gasteiger charge is -2.21. The Bertz CT molecular complexity index is 622. The van der Waals surface area contributed by atoms with Gasteiger partial charge in [-0.1, -0.05) is 39.8 Å². The Morgan fingerprint density at radius 2 is 1.55 bits per heavy atom. The van der Waals surface area contributed by atoms with Crippen LogP contribution in [-0.4, -0.2) is 10.2 Å². The van der Waals surface area contributed by atoms with E-state index in [1.165, 1.54) is 5.56 Å². The predicted octanol–water partition coefficient (Wildman–Crippen LogP) is 4.62. The van der Waals surface area contributed by atoms with Crippen LogP contribution in [0.3, 0.4) is 0 Å². The van der Waals surface area contributed by atoms with Gasteiger partial charge in [0.25, 0.3) is 0 Å². The Morgan fingerprint density at radius 1 is 0.900 bits per heavy atom. The first kappa shape index (κ1) is 14.4. The van der Waals surface area contributed by atoms with Gasteiger partial charge in [0.05, 0.1) is 0 Å². The van der Waals surface area contributed by atoms with E-state index in [2.05, 4.69) is 27.7 Å². The number of hydrogen-bond acceptors (Lipinski definition) is 2. The van der Waals surface area contributed by atoms with Crippen LogP contribution >= 0.6 is 0 Å². The fourth-order valence-corrected chi connectivity index (χ4v) is 2.34. The van der Waals surface area contributed by atoms with Crippen molar-refractivity contribution in [1.82, 2.24) is 0 Å². The lowest BCUT2D eigenvalue weighted by Crippen LogP contribution is -2.11. The summed E-state index contributed by atoms with van der Waals surface area (Å²) in [4.78, 5) is 0. The number of phenols is 2. The van der Waals surface area contributed by atoms with Gasteiger partial charge in [-0.15, -0.1) is 0 Å². The van der Waals surface area contributed by atoms with Gasteiger partial charge in [-0.05, 0) is 52.8 Å². The molecule has 20 heavy (non-hydrogen) atoms. The molecule has 0 amide bonds. The van der Waals surface area contributed by atoms with Crippen molar-refractivity contribution in [3.05, 3.63) is 47.5 Å². The van der Waals surface area contributed by atoms with E-state index >= 15 is 0 Å². The first-order valence-corrected chi connectivity index (χ1v) is 6.98. The summed E-state index contributed by atoms with van der Waals surface area (Å²) >= 11 is 0. The van der Waals surface area contributed by atoms with Crippen molar-refractivity contribution in [3.8, 4) is 22.6 Å². The zero-order valence-electron chi connectivity index (χ0n) is 12.6. The second kappa shape index (κ2) is 5.20. The van der Waals surface area contributed by atoms with Crippen LogP contribution < -0.4 is 0 Å².